The molecule has 0 saturated heterocycles. The molecular formula is C13H17BrN4. The van der Waals surface area contributed by atoms with E-state index in [0.29, 0.717) is 0 Å². The lowest BCUT2D eigenvalue weighted by molar-refractivity contribution is 0.338. The first-order valence-electron chi connectivity index (χ1n) is 6.29. The summed E-state index contributed by atoms with van der Waals surface area (Å²) in [4.78, 5) is 7.47. The van der Waals surface area contributed by atoms with Crippen molar-refractivity contribution in [2.75, 3.05) is 18.5 Å². The third-order valence-electron chi connectivity index (χ3n) is 3.56. The van der Waals surface area contributed by atoms with Crippen molar-refractivity contribution in [1.29, 1.82) is 0 Å². The highest BCUT2D eigenvalue weighted by Gasteiger charge is 2.28. The summed E-state index contributed by atoms with van der Waals surface area (Å²) in [6, 6.07) is 2.09. The van der Waals surface area contributed by atoms with Crippen LogP contribution in [0.4, 0.5) is 5.82 Å². The number of aryl methyl sites for hydroxylation is 1. The topological polar surface area (TPSA) is 33.4 Å². The van der Waals surface area contributed by atoms with Gasteiger partial charge in [0.15, 0.2) is 5.82 Å². The SMILES string of the molecule is Cc1cc2c(N(C)CC3CC(Br)C3)nccn2n1. The third-order valence-corrected chi connectivity index (χ3v) is 4.31. The Morgan fingerprint density at radius 1 is 1.50 bits per heavy atom. The summed E-state index contributed by atoms with van der Waals surface area (Å²) in [6.07, 6.45) is 6.26. The van der Waals surface area contributed by atoms with Gasteiger partial charge in [-0.05, 0) is 31.7 Å². The van der Waals surface area contributed by atoms with Crippen LogP contribution < -0.4 is 4.90 Å². The average molecular weight is 309 g/mol. The normalized spacial score (nSPS) is 23.1. The van der Waals surface area contributed by atoms with Gasteiger partial charge in [-0.2, -0.15) is 5.10 Å². The Morgan fingerprint density at radius 2 is 2.28 bits per heavy atom. The van der Waals surface area contributed by atoms with Crippen LogP contribution in [0.1, 0.15) is 18.5 Å². The molecule has 1 fully saturated rings. The monoisotopic (exact) mass is 308 g/mol. The first kappa shape index (κ1) is 12.0. The number of alkyl halides is 1. The highest BCUT2D eigenvalue weighted by molar-refractivity contribution is 9.09. The van der Waals surface area contributed by atoms with Gasteiger partial charge in [0.1, 0.15) is 5.52 Å². The van der Waals surface area contributed by atoms with Gasteiger partial charge in [0.2, 0.25) is 0 Å². The summed E-state index contributed by atoms with van der Waals surface area (Å²) in [7, 11) is 2.12. The second kappa shape index (κ2) is 4.53. The van der Waals surface area contributed by atoms with E-state index in [-0.39, 0.29) is 0 Å². The maximum atomic E-state index is 4.50. The van der Waals surface area contributed by atoms with Crippen molar-refractivity contribution in [3.63, 3.8) is 0 Å². The van der Waals surface area contributed by atoms with Gasteiger partial charge in [0.25, 0.3) is 0 Å². The van der Waals surface area contributed by atoms with E-state index < -0.39 is 0 Å². The van der Waals surface area contributed by atoms with Crippen LogP contribution in [0.3, 0.4) is 0 Å². The number of fused-ring (bicyclic) bond motifs is 1. The fourth-order valence-electron chi connectivity index (χ4n) is 2.60. The van der Waals surface area contributed by atoms with Crippen LogP contribution >= 0.6 is 15.9 Å². The summed E-state index contributed by atoms with van der Waals surface area (Å²) < 4.78 is 1.90. The number of hydrogen-bond donors (Lipinski definition) is 0. The molecule has 0 aromatic carbocycles. The molecule has 0 atom stereocenters. The molecule has 3 rings (SSSR count). The Morgan fingerprint density at radius 3 is 3.00 bits per heavy atom. The highest BCUT2D eigenvalue weighted by Crippen LogP contribution is 2.34. The van der Waals surface area contributed by atoms with Gasteiger partial charge in [0.05, 0.1) is 5.69 Å². The third kappa shape index (κ3) is 2.11. The van der Waals surface area contributed by atoms with Crippen LogP contribution in [0.25, 0.3) is 5.52 Å². The molecule has 0 unspecified atom stereocenters. The minimum Gasteiger partial charge on any atom is -0.358 e. The smallest absolute Gasteiger partial charge is 0.154 e. The number of rotatable bonds is 3. The van der Waals surface area contributed by atoms with Crippen molar-refractivity contribution >= 4 is 27.3 Å². The Labute approximate surface area is 115 Å². The number of halogens is 1. The predicted molar refractivity (Wildman–Crippen MR) is 76.4 cm³/mol. The Hall–Kier alpha value is -1.10. The number of hydrogen-bond acceptors (Lipinski definition) is 3. The maximum absolute atomic E-state index is 4.50. The molecule has 18 heavy (non-hydrogen) atoms. The largest absolute Gasteiger partial charge is 0.358 e. The lowest BCUT2D eigenvalue weighted by atomic mass is 9.85. The number of nitrogens with zero attached hydrogens (tertiary/aromatic N) is 4. The van der Waals surface area contributed by atoms with Crippen molar-refractivity contribution in [1.82, 2.24) is 14.6 Å². The van der Waals surface area contributed by atoms with Crippen molar-refractivity contribution in [2.45, 2.75) is 24.6 Å². The van der Waals surface area contributed by atoms with Crippen LogP contribution in [-0.4, -0.2) is 33.0 Å². The van der Waals surface area contributed by atoms with E-state index >= 15 is 0 Å². The number of anilines is 1. The Kier molecular flexibility index (Phi) is 3.01. The van der Waals surface area contributed by atoms with E-state index in [1.54, 1.807) is 0 Å². The van der Waals surface area contributed by atoms with Gasteiger partial charge >= 0.3 is 0 Å². The molecule has 2 heterocycles. The van der Waals surface area contributed by atoms with Crippen LogP contribution in [0.2, 0.25) is 0 Å². The minimum absolute atomic E-state index is 0.719. The zero-order valence-electron chi connectivity index (χ0n) is 10.7. The second-order valence-electron chi connectivity index (χ2n) is 5.18. The highest BCUT2D eigenvalue weighted by atomic mass is 79.9. The summed E-state index contributed by atoms with van der Waals surface area (Å²) in [6.45, 7) is 3.08. The van der Waals surface area contributed by atoms with Gasteiger partial charge in [-0.3, -0.25) is 0 Å². The number of aromatic nitrogens is 3. The van der Waals surface area contributed by atoms with Crippen molar-refractivity contribution in [3.8, 4) is 0 Å². The van der Waals surface area contributed by atoms with E-state index in [1.807, 2.05) is 23.8 Å². The molecule has 0 bridgehead atoms. The fraction of sp³-hybridized carbons (Fsp3) is 0.538. The standard InChI is InChI=1S/C13H17BrN4/c1-9-5-12-13(15-3-4-18(12)16-9)17(2)8-10-6-11(14)7-10/h3-5,10-11H,6-8H2,1-2H3. The van der Waals surface area contributed by atoms with Crippen molar-refractivity contribution in [3.05, 3.63) is 24.2 Å². The van der Waals surface area contributed by atoms with Gasteiger partial charge in [0, 0.05) is 30.8 Å². The van der Waals surface area contributed by atoms with Crippen molar-refractivity contribution < 1.29 is 0 Å². The molecule has 4 nitrogen and oxygen atoms in total. The van der Waals surface area contributed by atoms with E-state index in [9.17, 15) is 0 Å². The van der Waals surface area contributed by atoms with E-state index in [4.69, 9.17) is 0 Å². The lowest BCUT2D eigenvalue weighted by Gasteiger charge is -2.34. The molecule has 0 spiro atoms. The van der Waals surface area contributed by atoms with Crippen molar-refractivity contribution in [2.24, 2.45) is 5.92 Å². The molecule has 1 aliphatic carbocycles. The Bertz CT molecular complexity index is 559. The van der Waals surface area contributed by atoms with Gasteiger partial charge < -0.3 is 4.90 Å². The molecule has 1 aliphatic rings. The average Bonchev–Trinajstić information content (AvgIpc) is 2.66. The van der Waals surface area contributed by atoms with Gasteiger partial charge in [-0.15, -0.1) is 0 Å². The molecule has 2 aromatic heterocycles. The maximum Gasteiger partial charge on any atom is 0.154 e. The van der Waals surface area contributed by atoms with Crippen LogP contribution in [0.5, 0.6) is 0 Å². The molecule has 0 N–H and O–H groups in total. The van der Waals surface area contributed by atoms with Gasteiger partial charge in [-0.25, -0.2) is 9.50 Å². The lowest BCUT2D eigenvalue weighted by Crippen LogP contribution is -2.35. The first-order valence-corrected chi connectivity index (χ1v) is 7.21. The van der Waals surface area contributed by atoms with Crippen LogP contribution in [0.15, 0.2) is 18.5 Å². The molecule has 5 heteroatoms. The fourth-order valence-corrected chi connectivity index (χ4v) is 3.66. The van der Waals surface area contributed by atoms with E-state index in [2.05, 4.69) is 44.0 Å². The molecule has 1 saturated carbocycles. The summed E-state index contributed by atoms with van der Waals surface area (Å²) in [5.74, 6) is 1.81. The van der Waals surface area contributed by atoms with E-state index in [0.717, 1.165) is 34.3 Å². The second-order valence-corrected chi connectivity index (χ2v) is 6.48. The molecule has 0 aliphatic heterocycles. The predicted octanol–water partition coefficient (Wildman–Crippen LogP) is 2.65. The first-order chi connectivity index (χ1) is 8.63. The minimum atomic E-state index is 0.719. The quantitative estimate of drug-likeness (QED) is 0.817. The molecule has 96 valence electrons. The van der Waals surface area contributed by atoms with E-state index in [1.165, 1.54) is 12.8 Å². The molecule has 2 aromatic rings. The summed E-state index contributed by atoms with van der Waals surface area (Å²) in [5, 5.41) is 4.42. The summed E-state index contributed by atoms with van der Waals surface area (Å²) in [5.41, 5.74) is 2.12. The van der Waals surface area contributed by atoms with Crippen LogP contribution in [-0.2, 0) is 0 Å². The van der Waals surface area contributed by atoms with Crippen LogP contribution in [0, 0.1) is 12.8 Å². The summed E-state index contributed by atoms with van der Waals surface area (Å²) >= 11 is 3.64. The molecular weight excluding hydrogens is 292 g/mol. The molecule has 0 radical (unpaired) electrons. The molecule has 0 amide bonds. The zero-order chi connectivity index (χ0) is 12.7. The Balaban J connectivity index is 1.84. The zero-order valence-corrected chi connectivity index (χ0v) is 12.3. The van der Waals surface area contributed by atoms with Gasteiger partial charge in [-0.1, -0.05) is 15.9 Å².